The van der Waals surface area contributed by atoms with E-state index in [0.29, 0.717) is 0 Å². The third-order valence-electron chi connectivity index (χ3n) is 6.29. The van der Waals surface area contributed by atoms with Crippen LogP contribution in [0.1, 0.15) is 49.8 Å². The van der Waals surface area contributed by atoms with Gasteiger partial charge in [0.1, 0.15) is 5.82 Å². The van der Waals surface area contributed by atoms with Gasteiger partial charge < -0.3 is 15.1 Å². The molecule has 0 bridgehead atoms. The summed E-state index contributed by atoms with van der Waals surface area (Å²) in [5.74, 6) is 1.34. The third-order valence-corrected chi connectivity index (χ3v) is 7.30. The number of nitrogens with zero attached hydrogens (tertiary/aromatic N) is 3. The molecule has 2 aliphatic rings. The van der Waals surface area contributed by atoms with Crippen LogP contribution in [0.25, 0.3) is 10.1 Å². The molecule has 6 heteroatoms. The van der Waals surface area contributed by atoms with E-state index in [9.17, 15) is 4.79 Å². The summed E-state index contributed by atoms with van der Waals surface area (Å²) < 4.78 is 1.28. The molecule has 2 fully saturated rings. The van der Waals surface area contributed by atoms with Crippen LogP contribution in [0, 0.1) is 12.8 Å². The quantitative estimate of drug-likeness (QED) is 0.720. The lowest BCUT2D eigenvalue weighted by Crippen LogP contribution is -2.44. The predicted molar refractivity (Wildman–Crippen MR) is 122 cm³/mol. The zero-order valence-electron chi connectivity index (χ0n) is 17.7. The highest BCUT2D eigenvalue weighted by molar-refractivity contribution is 7.19. The molecule has 4 rings (SSSR count). The van der Waals surface area contributed by atoms with Crippen LogP contribution >= 0.6 is 11.3 Å². The van der Waals surface area contributed by atoms with E-state index in [1.807, 2.05) is 17.5 Å². The molecule has 158 valence electrons. The van der Waals surface area contributed by atoms with Gasteiger partial charge in [-0.2, -0.15) is 0 Å². The molecular weight excluding hydrogens is 380 g/mol. The Morgan fingerprint density at radius 3 is 2.86 bits per heavy atom. The molecule has 0 saturated carbocycles. The first-order valence-electron chi connectivity index (χ1n) is 11.3. The standard InChI is InChI=1S/C23H34N4OS/c1-18-16-20-21(29-18)9-11-24-22(20)27-15-6-8-19(17-27)23(28)25-10-7-14-26-12-4-2-3-5-13-26/h9,11,16,19H,2-8,10,12-15,17H2,1H3,(H,25,28). The number of fused-ring (bicyclic) bond motifs is 1. The number of thiophene rings is 1. The SMILES string of the molecule is Cc1cc2c(N3CCCC(C(=O)NCCCN4CCCCCC4)C3)nccc2s1. The fraction of sp³-hybridized carbons (Fsp3) is 0.652. The second kappa shape index (κ2) is 9.90. The van der Waals surface area contributed by atoms with Crippen molar-refractivity contribution in [3.63, 3.8) is 0 Å². The van der Waals surface area contributed by atoms with Crippen molar-refractivity contribution >= 4 is 33.1 Å². The lowest BCUT2D eigenvalue weighted by Gasteiger charge is -2.33. The highest BCUT2D eigenvalue weighted by Crippen LogP contribution is 2.33. The number of pyridine rings is 1. The Bertz CT molecular complexity index is 812. The minimum absolute atomic E-state index is 0.0683. The Balaban J connectivity index is 1.28. The summed E-state index contributed by atoms with van der Waals surface area (Å²) in [4.78, 5) is 23.6. The number of carbonyl (C=O) groups excluding carboxylic acids is 1. The number of aromatic nitrogens is 1. The van der Waals surface area contributed by atoms with Gasteiger partial charge in [0.15, 0.2) is 0 Å². The predicted octanol–water partition coefficient (Wildman–Crippen LogP) is 4.20. The van der Waals surface area contributed by atoms with Crippen molar-refractivity contribution < 1.29 is 4.79 Å². The second-order valence-electron chi connectivity index (χ2n) is 8.59. The average Bonchev–Trinajstić information content (AvgIpc) is 2.94. The molecule has 4 heterocycles. The van der Waals surface area contributed by atoms with Gasteiger partial charge in [-0.25, -0.2) is 4.98 Å². The molecule has 0 aliphatic carbocycles. The van der Waals surface area contributed by atoms with Gasteiger partial charge >= 0.3 is 0 Å². The van der Waals surface area contributed by atoms with Gasteiger partial charge in [0, 0.05) is 40.8 Å². The van der Waals surface area contributed by atoms with E-state index in [1.54, 1.807) is 0 Å². The van der Waals surface area contributed by atoms with Gasteiger partial charge in [-0.3, -0.25) is 4.79 Å². The number of hydrogen-bond donors (Lipinski definition) is 1. The molecule has 1 atom stereocenters. The largest absolute Gasteiger partial charge is 0.356 e. The van der Waals surface area contributed by atoms with E-state index >= 15 is 0 Å². The molecule has 0 spiro atoms. The third kappa shape index (κ3) is 5.28. The minimum atomic E-state index is 0.0683. The molecule has 1 unspecified atom stereocenters. The Morgan fingerprint density at radius 1 is 1.21 bits per heavy atom. The number of hydrogen-bond acceptors (Lipinski definition) is 5. The van der Waals surface area contributed by atoms with Crippen molar-refractivity contribution in [2.45, 2.75) is 51.9 Å². The van der Waals surface area contributed by atoms with Gasteiger partial charge in [0.2, 0.25) is 5.91 Å². The van der Waals surface area contributed by atoms with Gasteiger partial charge in [-0.15, -0.1) is 11.3 Å². The van der Waals surface area contributed by atoms with Gasteiger partial charge in [-0.1, -0.05) is 12.8 Å². The first-order chi connectivity index (χ1) is 14.2. The van der Waals surface area contributed by atoms with Gasteiger partial charge in [0.25, 0.3) is 0 Å². The Labute approximate surface area is 178 Å². The smallest absolute Gasteiger partial charge is 0.224 e. The maximum absolute atomic E-state index is 12.8. The van der Waals surface area contributed by atoms with Crippen molar-refractivity contribution in [1.29, 1.82) is 0 Å². The van der Waals surface area contributed by atoms with Crippen molar-refractivity contribution in [3.8, 4) is 0 Å². The fourth-order valence-corrected chi connectivity index (χ4v) is 5.64. The summed E-state index contributed by atoms with van der Waals surface area (Å²) in [6, 6.07) is 4.32. The van der Waals surface area contributed by atoms with E-state index in [2.05, 4.69) is 39.2 Å². The van der Waals surface area contributed by atoms with E-state index in [-0.39, 0.29) is 11.8 Å². The highest BCUT2D eigenvalue weighted by Gasteiger charge is 2.27. The van der Waals surface area contributed by atoms with Crippen LogP contribution in [-0.2, 0) is 4.79 Å². The molecule has 2 aromatic rings. The first-order valence-corrected chi connectivity index (χ1v) is 12.1. The van der Waals surface area contributed by atoms with Gasteiger partial charge in [0.05, 0.1) is 5.92 Å². The maximum Gasteiger partial charge on any atom is 0.224 e. The topological polar surface area (TPSA) is 48.5 Å². The lowest BCUT2D eigenvalue weighted by atomic mass is 9.97. The number of likely N-dealkylation sites (tertiary alicyclic amines) is 1. The van der Waals surface area contributed by atoms with Crippen LogP contribution in [-0.4, -0.2) is 55.1 Å². The molecule has 29 heavy (non-hydrogen) atoms. The van der Waals surface area contributed by atoms with Gasteiger partial charge in [-0.05, 0) is 70.8 Å². The average molecular weight is 415 g/mol. The van der Waals surface area contributed by atoms with Crippen molar-refractivity contribution in [2.24, 2.45) is 5.92 Å². The monoisotopic (exact) mass is 414 g/mol. The fourth-order valence-electron chi connectivity index (χ4n) is 4.73. The number of anilines is 1. The summed E-state index contributed by atoms with van der Waals surface area (Å²) in [5, 5.41) is 4.44. The van der Waals surface area contributed by atoms with E-state index in [1.165, 1.54) is 53.7 Å². The number of aryl methyl sites for hydroxylation is 1. The Hall–Kier alpha value is -1.66. The first kappa shape index (κ1) is 20.6. The lowest BCUT2D eigenvalue weighted by molar-refractivity contribution is -0.125. The summed E-state index contributed by atoms with van der Waals surface area (Å²) in [6.45, 7) is 8.27. The zero-order chi connectivity index (χ0) is 20.1. The maximum atomic E-state index is 12.8. The summed E-state index contributed by atoms with van der Waals surface area (Å²) in [5.41, 5.74) is 0. The van der Waals surface area contributed by atoms with Crippen LogP contribution in [0.2, 0.25) is 0 Å². The normalized spacial score (nSPS) is 21.3. The van der Waals surface area contributed by atoms with Crippen LogP contribution in [0.3, 0.4) is 0 Å². The molecular formula is C23H34N4OS. The molecule has 2 saturated heterocycles. The summed E-state index contributed by atoms with van der Waals surface area (Å²) in [7, 11) is 0. The van der Waals surface area contributed by atoms with Crippen LogP contribution in [0.4, 0.5) is 5.82 Å². The van der Waals surface area contributed by atoms with Crippen LogP contribution in [0.15, 0.2) is 18.3 Å². The van der Waals surface area contributed by atoms with Crippen molar-refractivity contribution in [3.05, 3.63) is 23.2 Å². The molecule has 0 radical (unpaired) electrons. The van der Waals surface area contributed by atoms with Crippen molar-refractivity contribution in [1.82, 2.24) is 15.2 Å². The highest BCUT2D eigenvalue weighted by atomic mass is 32.1. The molecule has 1 amide bonds. The summed E-state index contributed by atoms with van der Waals surface area (Å²) >= 11 is 1.81. The second-order valence-corrected chi connectivity index (χ2v) is 9.88. The van der Waals surface area contributed by atoms with Crippen LogP contribution < -0.4 is 10.2 Å². The number of carbonyl (C=O) groups is 1. The van der Waals surface area contributed by atoms with Crippen LogP contribution in [0.5, 0.6) is 0 Å². The number of rotatable bonds is 6. The minimum Gasteiger partial charge on any atom is -0.356 e. The molecule has 2 aliphatic heterocycles. The molecule has 0 aromatic carbocycles. The van der Waals surface area contributed by atoms with E-state index in [4.69, 9.17) is 0 Å². The Kier molecular flexibility index (Phi) is 7.03. The molecule has 5 nitrogen and oxygen atoms in total. The van der Waals surface area contributed by atoms with E-state index < -0.39 is 0 Å². The van der Waals surface area contributed by atoms with E-state index in [0.717, 1.165) is 51.3 Å². The molecule has 1 N–H and O–H groups in total. The summed E-state index contributed by atoms with van der Waals surface area (Å²) in [6.07, 6.45) is 10.4. The molecule has 2 aromatic heterocycles. The number of piperidine rings is 1. The Morgan fingerprint density at radius 2 is 2.03 bits per heavy atom. The van der Waals surface area contributed by atoms with Crippen molar-refractivity contribution in [2.75, 3.05) is 44.2 Å². The zero-order valence-corrected chi connectivity index (χ0v) is 18.5. The number of nitrogens with one attached hydrogen (secondary N) is 1. The number of amides is 1.